The molecule has 0 aliphatic rings. The van der Waals surface area contributed by atoms with Crippen molar-refractivity contribution in [3.8, 4) is 0 Å². The molecule has 0 amide bonds. The van der Waals surface area contributed by atoms with Crippen LogP contribution in [0.2, 0.25) is 0 Å². The molecular weight excluding hydrogens is 588 g/mol. The minimum atomic E-state index is 0.0144. The molecule has 0 radical (unpaired) electrons. The molecule has 0 aromatic carbocycles. The third-order valence-corrected chi connectivity index (χ3v) is 10.2. The highest BCUT2D eigenvalue weighted by Crippen LogP contribution is 2.17. The number of hydrogen-bond donors (Lipinski definition) is 1. The standard InChI is InChI=1S/C45H88O3/c1-2-3-4-5-6-7-27-30-33-36-39-42-45(47)48-44-41-38-35-32-29-26-24-22-20-18-16-14-12-10-8-9-11-13-15-17-19-21-23-25-28-31-34-37-40-43-46/h5-6,46H,2-4,7-44H2,1H3/b6-5-. The van der Waals surface area contributed by atoms with Crippen molar-refractivity contribution in [3.63, 3.8) is 0 Å². The van der Waals surface area contributed by atoms with E-state index in [4.69, 9.17) is 9.84 Å². The average molecular weight is 677 g/mol. The Morgan fingerprint density at radius 1 is 0.396 bits per heavy atom. The third kappa shape index (κ3) is 43.2. The van der Waals surface area contributed by atoms with Gasteiger partial charge < -0.3 is 9.84 Å². The number of carbonyl (C=O) groups is 1. The lowest BCUT2D eigenvalue weighted by molar-refractivity contribution is -0.143. The lowest BCUT2D eigenvalue weighted by atomic mass is 10.0. The molecule has 286 valence electrons. The van der Waals surface area contributed by atoms with Gasteiger partial charge in [0.1, 0.15) is 0 Å². The molecule has 0 fully saturated rings. The van der Waals surface area contributed by atoms with Gasteiger partial charge in [-0.1, -0.05) is 225 Å². The first-order valence-electron chi connectivity index (χ1n) is 22.2. The van der Waals surface area contributed by atoms with Gasteiger partial charge >= 0.3 is 5.97 Å². The van der Waals surface area contributed by atoms with Crippen molar-refractivity contribution in [1.29, 1.82) is 0 Å². The summed E-state index contributed by atoms with van der Waals surface area (Å²) in [5.41, 5.74) is 0. The van der Waals surface area contributed by atoms with Crippen LogP contribution < -0.4 is 0 Å². The van der Waals surface area contributed by atoms with Gasteiger partial charge in [-0.15, -0.1) is 0 Å². The number of aliphatic hydroxyl groups is 1. The van der Waals surface area contributed by atoms with Gasteiger partial charge in [0.15, 0.2) is 0 Å². The maximum atomic E-state index is 11.9. The Morgan fingerprint density at radius 2 is 0.688 bits per heavy atom. The summed E-state index contributed by atoms with van der Waals surface area (Å²) in [6, 6.07) is 0. The van der Waals surface area contributed by atoms with Crippen LogP contribution in [0.25, 0.3) is 0 Å². The van der Waals surface area contributed by atoms with Crippen molar-refractivity contribution in [1.82, 2.24) is 0 Å². The Kier molecular flexibility index (Phi) is 43.4. The molecule has 0 spiro atoms. The van der Waals surface area contributed by atoms with E-state index in [-0.39, 0.29) is 5.97 Å². The van der Waals surface area contributed by atoms with Crippen LogP contribution in [0.4, 0.5) is 0 Å². The first-order chi connectivity index (χ1) is 23.8. The molecule has 1 N–H and O–H groups in total. The quantitative estimate of drug-likeness (QED) is 0.0398. The summed E-state index contributed by atoms with van der Waals surface area (Å²) in [5.74, 6) is 0.0144. The summed E-state index contributed by atoms with van der Waals surface area (Å²) >= 11 is 0. The van der Waals surface area contributed by atoms with Gasteiger partial charge in [-0.05, 0) is 38.5 Å². The van der Waals surface area contributed by atoms with Gasteiger partial charge in [0.2, 0.25) is 0 Å². The molecule has 0 atom stereocenters. The number of allylic oxidation sites excluding steroid dienone is 2. The molecule has 0 aliphatic heterocycles. The lowest BCUT2D eigenvalue weighted by Gasteiger charge is -2.06. The van der Waals surface area contributed by atoms with Crippen LogP contribution in [0.1, 0.15) is 257 Å². The fourth-order valence-electron chi connectivity index (χ4n) is 6.86. The molecule has 0 saturated carbocycles. The average Bonchev–Trinajstić information content (AvgIpc) is 3.09. The maximum absolute atomic E-state index is 11.9. The molecule has 0 saturated heterocycles. The first-order valence-corrected chi connectivity index (χ1v) is 22.2. The Morgan fingerprint density at radius 3 is 1.04 bits per heavy atom. The van der Waals surface area contributed by atoms with Gasteiger partial charge in [0.25, 0.3) is 0 Å². The van der Waals surface area contributed by atoms with Crippen molar-refractivity contribution in [2.24, 2.45) is 0 Å². The second-order valence-electron chi connectivity index (χ2n) is 15.1. The molecule has 0 aromatic heterocycles. The van der Waals surface area contributed by atoms with E-state index in [0.29, 0.717) is 19.6 Å². The molecule has 0 bridgehead atoms. The molecular formula is C45H88O3. The molecule has 0 unspecified atom stereocenters. The second kappa shape index (κ2) is 44.2. The summed E-state index contributed by atoms with van der Waals surface area (Å²) in [7, 11) is 0. The van der Waals surface area contributed by atoms with Gasteiger partial charge in [-0.3, -0.25) is 4.79 Å². The smallest absolute Gasteiger partial charge is 0.305 e. The maximum Gasteiger partial charge on any atom is 0.305 e. The predicted molar refractivity (Wildman–Crippen MR) is 213 cm³/mol. The number of hydrogen-bond acceptors (Lipinski definition) is 3. The van der Waals surface area contributed by atoms with E-state index in [1.54, 1.807) is 0 Å². The van der Waals surface area contributed by atoms with Gasteiger partial charge in [-0.2, -0.15) is 0 Å². The zero-order valence-corrected chi connectivity index (χ0v) is 32.9. The van der Waals surface area contributed by atoms with E-state index in [2.05, 4.69) is 19.1 Å². The summed E-state index contributed by atoms with van der Waals surface area (Å²) in [4.78, 5) is 11.9. The normalized spacial score (nSPS) is 11.6. The zero-order valence-electron chi connectivity index (χ0n) is 32.9. The SMILES string of the molecule is CCCC/C=C\CCCCCCCC(=O)OCCCCCCCCCCCCCCCCCCCCCCCCCCCCCCCO. The highest BCUT2D eigenvalue weighted by Gasteiger charge is 2.03. The van der Waals surface area contributed by atoms with Crippen molar-refractivity contribution in [2.45, 2.75) is 257 Å². The van der Waals surface area contributed by atoms with E-state index in [0.717, 1.165) is 25.7 Å². The van der Waals surface area contributed by atoms with Crippen molar-refractivity contribution in [2.75, 3.05) is 13.2 Å². The monoisotopic (exact) mass is 677 g/mol. The summed E-state index contributed by atoms with van der Waals surface area (Å²) < 4.78 is 5.45. The van der Waals surface area contributed by atoms with Crippen LogP contribution in [0, 0.1) is 0 Å². The highest BCUT2D eigenvalue weighted by molar-refractivity contribution is 5.69. The van der Waals surface area contributed by atoms with Gasteiger partial charge in [-0.25, -0.2) is 0 Å². The van der Waals surface area contributed by atoms with Crippen molar-refractivity contribution < 1.29 is 14.6 Å². The lowest BCUT2D eigenvalue weighted by Crippen LogP contribution is -2.05. The first kappa shape index (κ1) is 47.2. The summed E-state index contributed by atoms with van der Waals surface area (Å²) in [6.07, 6.45) is 56.2. The van der Waals surface area contributed by atoms with Crippen LogP contribution in [0.15, 0.2) is 12.2 Å². The summed E-state index contributed by atoms with van der Waals surface area (Å²) in [5, 5.41) is 8.80. The van der Waals surface area contributed by atoms with Gasteiger partial charge in [0, 0.05) is 13.0 Å². The van der Waals surface area contributed by atoms with E-state index >= 15 is 0 Å². The van der Waals surface area contributed by atoms with Crippen molar-refractivity contribution in [3.05, 3.63) is 12.2 Å². The third-order valence-electron chi connectivity index (χ3n) is 10.2. The minimum absolute atomic E-state index is 0.0144. The van der Waals surface area contributed by atoms with E-state index in [1.165, 1.54) is 218 Å². The van der Waals surface area contributed by atoms with Crippen molar-refractivity contribution >= 4 is 5.97 Å². The molecule has 0 rings (SSSR count). The molecule has 3 nitrogen and oxygen atoms in total. The Hall–Kier alpha value is -0.830. The van der Waals surface area contributed by atoms with Crippen LogP contribution in [0.5, 0.6) is 0 Å². The number of esters is 1. The highest BCUT2D eigenvalue weighted by atomic mass is 16.5. The van der Waals surface area contributed by atoms with Crippen LogP contribution in [0.3, 0.4) is 0 Å². The molecule has 3 heteroatoms. The van der Waals surface area contributed by atoms with E-state index in [1.807, 2.05) is 0 Å². The fourth-order valence-corrected chi connectivity index (χ4v) is 6.86. The van der Waals surface area contributed by atoms with Crippen LogP contribution in [-0.4, -0.2) is 24.3 Å². The minimum Gasteiger partial charge on any atom is -0.466 e. The molecule has 0 aromatic rings. The Bertz CT molecular complexity index is 615. The van der Waals surface area contributed by atoms with Crippen LogP contribution in [-0.2, 0) is 9.53 Å². The van der Waals surface area contributed by atoms with Crippen LogP contribution >= 0.6 is 0 Å². The number of rotatable bonds is 42. The topological polar surface area (TPSA) is 46.5 Å². The van der Waals surface area contributed by atoms with E-state index < -0.39 is 0 Å². The molecule has 48 heavy (non-hydrogen) atoms. The number of unbranched alkanes of at least 4 members (excludes halogenated alkanes) is 35. The molecule has 0 heterocycles. The Labute approximate surface area is 302 Å². The molecule has 0 aliphatic carbocycles. The second-order valence-corrected chi connectivity index (χ2v) is 15.1. The number of carbonyl (C=O) groups excluding carboxylic acids is 1. The predicted octanol–water partition coefficient (Wildman–Crippen LogP) is 15.3. The van der Waals surface area contributed by atoms with Gasteiger partial charge in [0.05, 0.1) is 6.61 Å². The Balaban J connectivity index is 3.13. The zero-order chi connectivity index (χ0) is 34.7. The fraction of sp³-hybridized carbons (Fsp3) is 0.933. The number of aliphatic hydroxyl groups excluding tert-OH is 1. The largest absolute Gasteiger partial charge is 0.466 e. The summed E-state index contributed by atoms with van der Waals surface area (Å²) in [6.45, 7) is 3.24. The number of ether oxygens (including phenoxy) is 1. The van der Waals surface area contributed by atoms with E-state index in [9.17, 15) is 4.79 Å².